The number of benzene rings is 2. The molecular weight excluding hydrogens is 369 g/mol. The zero-order valence-corrected chi connectivity index (χ0v) is 15.3. The van der Waals surface area contributed by atoms with Gasteiger partial charge in [-0.15, -0.1) is 13.2 Å². The van der Waals surface area contributed by atoms with E-state index in [0.29, 0.717) is 13.1 Å². The van der Waals surface area contributed by atoms with E-state index >= 15 is 0 Å². The van der Waals surface area contributed by atoms with Gasteiger partial charge < -0.3 is 14.5 Å². The Bertz CT molecular complexity index is 859. The fourth-order valence-corrected chi connectivity index (χ4v) is 3.86. The number of carbonyl (C=O) groups excluding carboxylic acids is 1. The van der Waals surface area contributed by atoms with Crippen molar-refractivity contribution in [2.24, 2.45) is 0 Å². The van der Waals surface area contributed by atoms with Gasteiger partial charge in [0.25, 0.3) is 0 Å². The number of nitrogens with zero attached hydrogens (tertiary/aromatic N) is 2. The molecular formula is C21H21F3N2O2. The van der Waals surface area contributed by atoms with Crippen molar-refractivity contribution in [1.82, 2.24) is 9.80 Å². The van der Waals surface area contributed by atoms with Gasteiger partial charge in [0.2, 0.25) is 0 Å². The molecule has 0 spiro atoms. The Balaban J connectivity index is 1.51. The van der Waals surface area contributed by atoms with E-state index in [4.69, 9.17) is 0 Å². The van der Waals surface area contributed by atoms with E-state index in [9.17, 15) is 18.0 Å². The van der Waals surface area contributed by atoms with Crippen molar-refractivity contribution in [1.29, 1.82) is 0 Å². The Kier molecular flexibility index (Phi) is 4.91. The summed E-state index contributed by atoms with van der Waals surface area (Å²) in [5.41, 5.74) is 4.02. The molecule has 0 radical (unpaired) electrons. The summed E-state index contributed by atoms with van der Waals surface area (Å²) in [7, 11) is 0. The summed E-state index contributed by atoms with van der Waals surface area (Å²) in [5, 5.41) is 0. The molecule has 0 bridgehead atoms. The number of halogens is 3. The largest absolute Gasteiger partial charge is 0.573 e. The first kappa shape index (κ1) is 18.7. The molecule has 0 aliphatic carbocycles. The maximum absolute atomic E-state index is 12.7. The van der Waals surface area contributed by atoms with E-state index in [1.165, 1.54) is 17.7 Å². The summed E-state index contributed by atoms with van der Waals surface area (Å²) in [4.78, 5) is 16.5. The van der Waals surface area contributed by atoms with E-state index in [1.54, 1.807) is 12.1 Å². The van der Waals surface area contributed by atoms with Crippen molar-refractivity contribution < 1.29 is 22.7 Å². The van der Waals surface area contributed by atoms with Crippen molar-refractivity contribution in [3.8, 4) is 16.9 Å². The lowest BCUT2D eigenvalue weighted by atomic mass is 9.95. The van der Waals surface area contributed by atoms with Crippen LogP contribution >= 0.6 is 0 Å². The van der Waals surface area contributed by atoms with Crippen LogP contribution in [0.4, 0.5) is 18.0 Å². The van der Waals surface area contributed by atoms with Crippen LogP contribution in [-0.4, -0.2) is 41.8 Å². The third-order valence-electron chi connectivity index (χ3n) is 5.29. The minimum absolute atomic E-state index is 0.0993. The highest BCUT2D eigenvalue weighted by molar-refractivity contribution is 5.75. The molecule has 2 heterocycles. The molecule has 4 nitrogen and oxygen atoms in total. The summed E-state index contributed by atoms with van der Waals surface area (Å²) in [6.07, 6.45) is -1.76. The molecule has 0 aromatic heterocycles. The minimum atomic E-state index is -4.70. The summed E-state index contributed by atoms with van der Waals surface area (Å²) in [6, 6.07) is 12.0. The van der Waals surface area contributed by atoms with Crippen LogP contribution in [0.5, 0.6) is 5.75 Å². The van der Waals surface area contributed by atoms with Gasteiger partial charge in [-0.05, 0) is 59.7 Å². The topological polar surface area (TPSA) is 32.8 Å². The standard InChI is InChI=1S/C21H21F3N2O2/c22-21(23,24)28-19-7-5-15(6-8-19)17-4-3-16-9-12-26(14-18(16)13-17)20(27)25-10-1-2-11-25/h3-8,13H,1-2,9-12,14H2. The highest BCUT2D eigenvalue weighted by Gasteiger charge is 2.31. The van der Waals surface area contributed by atoms with Gasteiger partial charge in [-0.3, -0.25) is 0 Å². The quantitative estimate of drug-likeness (QED) is 0.736. The van der Waals surface area contributed by atoms with Crippen LogP contribution in [0.1, 0.15) is 24.0 Å². The minimum Gasteiger partial charge on any atom is -0.406 e. The van der Waals surface area contributed by atoms with Crippen LogP contribution in [-0.2, 0) is 13.0 Å². The summed E-state index contributed by atoms with van der Waals surface area (Å²) in [6.45, 7) is 2.93. The highest BCUT2D eigenvalue weighted by Crippen LogP contribution is 2.30. The number of hydrogen-bond acceptors (Lipinski definition) is 2. The predicted molar refractivity (Wildman–Crippen MR) is 98.9 cm³/mol. The first-order valence-corrected chi connectivity index (χ1v) is 9.41. The van der Waals surface area contributed by atoms with Crippen molar-refractivity contribution in [3.63, 3.8) is 0 Å². The third kappa shape index (κ3) is 4.08. The number of amides is 2. The van der Waals surface area contributed by atoms with E-state index in [1.807, 2.05) is 28.0 Å². The van der Waals surface area contributed by atoms with Gasteiger partial charge in [-0.25, -0.2) is 4.79 Å². The monoisotopic (exact) mass is 390 g/mol. The first-order chi connectivity index (χ1) is 13.4. The van der Waals surface area contributed by atoms with Crippen LogP contribution in [0.3, 0.4) is 0 Å². The average molecular weight is 390 g/mol. The fourth-order valence-electron chi connectivity index (χ4n) is 3.86. The molecule has 148 valence electrons. The van der Waals surface area contributed by atoms with Crippen LogP contribution in [0.2, 0.25) is 0 Å². The molecule has 2 aromatic carbocycles. The number of ether oxygens (including phenoxy) is 1. The maximum atomic E-state index is 12.7. The van der Waals surface area contributed by atoms with Crippen LogP contribution in [0.15, 0.2) is 42.5 Å². The Labute approximate surface area is 161 Å². The lowest BCUT2D eigenvalue weighted by Gasteiger charge is -2.32. The molecule has 7 heteroatoms. The molecule has 4 rings (SSSR count). The van der Waals surface area contributed by atoms with Crippen molar-refractivity contribution in [2.45, 2.75) is 32.2 Å². The molecule has 0 atom stereocenters. The number of hydrogen-bond donors (Lipinski definition) is 0. The lowest BCUT2D eigenvalue weighted by molar-refractivity contribution is -0.274. The molecule has 0 N–H and O–H groups in total. The SMILES string of the molecule is O=C(N1CCCC1)N1CCc2ccc(-c3ccc(OC(F)(F)F)cc3)cc2C1. The number of likely N-dealkylation sites (tertiary alicyclic amines) is 1. The van der Waals surface area contributed by atoms with Gasteiger partial charge in [0.05, 0.1) is 0 Å². The van der Waals surface area contributed by atoms with Gasteiger partial charge in [0.15, 0.2) is 0 Å². The fraction of sp³-hybridized carbons (Fsp3) is 0.381. The Morgan fingerprint density at radius 1 is 0.857 bits per heavy atom. The molecule has 0 unspecified atom stereocenters. The average Bonchev–Trinajstić information content (AvgIpc) is 3.21. The van der Waals surface area contributed by atoms with Gasteiger partial charge in [0.1, 0.15) is 5.75 Å². The first-order valence-electron chi connectivity index (χ1n) is 9.41. The van der Waals surface area contributed by atoms with Crippen molar-refractivity contribution in [2.75, 3.05) is 19.6 Å². The van der Waals surface area contributed by atoms with E-state index < -0.39 is 6.36 Å². The number of urea groups is 1. The second-order valence-corrected chi connectivity index (χ2v) is 7.20. The van der Waals surface area contributed by atoms with Crippen LogP contribution < -0.4 is 4.74 Å². The molecule has 2 aliphatic rings. The third-order valence-corrected chi connectivity index (χ3v) is 5.29. The molecule has 1 fully saturated rings. The second-order valence-electron chi connectivity index (χ2n) is 7.20. The Morgan fingerprint density at radius 2 is 1.54 bits per heavy atom. The maximum Gasteiger partial charge on any atom is 0.573 e. The molecule has 1 saturated heterocycles. The lowest BCUT2D eigenvalue weighted by Crippen LogP contribution is -2.44. The number of rotatable bonds is 2. The van der Waals surface area contributed by atoms with Gasteiger partial charge in [0, 0.05) is 26.2 Å². The van der Waals surface area contributed by atoms with Crippen LogP contribution in [0.25, 0.3) is 11.1 Å². The van der Waals surface area contributed by atoms with E-state index in [0.717, 1.165) is 49.0 Å². The van der Waals surface area contributed by atoms with Crippen molar-refractivity contribution in [3.05, 3.63) is 53.6 Å². The zero-order chi connectivity index (χ0) is 19.7. The second kappa shape index (κ2) is 7.37. The molecule has 2 aromatic rings. The summed E-state index contributed by atoms with van der Waals surface area (Å²) < 4.78 is 40.9. The number of alkyl halides is 3. The molecule has 2 aliphatic heterocycles. The Morgan fingerprint density at radius 3 is 2.21 bits per heavy atom. The van der Waals surface area contributed by atoms with Crippen molar-refractivity contribution >= 4 is 6.03 Å². The number of fused-ring (bicyclic) bond motifs is 1. The van der Waals surface area contributed by atoms with E-state index in [2.05, 4.69) is 4.74 Å². The molecule has 2 amide bonds. The van der Waals surface area contributed by atoms with Crippen LogP contribution in [0, 0.1) is 0 Å². The normalized spacial score (nSPS) is 16.8. The smallest absolute Gasteiger partial charge is 0.406 e. The number of carbonyl (C=O) groups is 1. The van der Waals surface area contributed by atoms with Gasteiger partial charge >= 0.3 is 12.4 Å². The summed E-state index contributed by atoms with van der Waals surface area (Å²) >= 11 is 0. The van der Waals surface area contributed by atoms with Gasteiger partial charge in [-0.2, -0.15) is 0 Å². The van der Waals surface area contributed by atoms with Gasteiger partial charge in [-0.1, -0.05) is 24.3 Å². The highest BCUT2D eigenvalue weighted by atomic mass is 19.4. The molecule has 28 heavy (non-hydrogen) atoms. The molecule has 0 saturated carbocycles. The predicted octanol–water partition coefficient (Wildman–Crippen LogP) is 4.83. The Hall–Kier alpha value is -2.70. The summed E-state index contributed by atoms with van der Waals surface area (Å²) in [5.74, 6) is -0.239. The van der Waals surface area contributed by atoms with E-state index in [-0.39, 0.29) is 11.8 Å². The zero-order valence-electron chi connectivity index (χ0n) is 15.3.